The third-order valence-corrected chi connectivity index (χ3v) is 8.05. The summed E-state index contributed by atoms with van der Waals surface area (Å²) < 4.78 is 0. The summed E-state index contributed by atoms with van der Waals surface area (Å²) in [6, 6.07) is 0. The Morgan fingerprint density at radius 2 is 1.46 bits per heavy atom. The topological polar surface area (TPSA) is 17.1 Å². The SMILES string of the molecule is C=C(/C=C\C=C(/C)C=O)CSC(/C=C(/C)C(C)C)=C(\C)CC.CC.CC.CCC(C)CC(C)(CC)CC. The molecule has 1 nitrogen and oxygen atoms in total. The van der Waals surface area contributed by atoms with Gasteiger partial charge in [-0.15, -0.1) is 11.8 Å². The van der Waals surface area contributed by atoms with Crippen molar-refractivity contribution in [1.82, 2.24) is 0 Å². The molecular weight excluding hydrogens is 468 g/mol. The van der Waals surface area contributed by atoms with Crippen molar-refractivity contribution < 1.29 is 4.79 Å². The van der Waals surface area contributed by atoms with Crippen LogP contribution in [0.15, 0.2) is 58.1 Å². The monoisotopic (exact) mass is 534 g/mol. The zero-order valence-corrected chi connectivity index (χ0v) is 28.6. The first-order chi connectivity index (χ1) is 17.4. The van der Waals surface area contributed by atoms with Gasteiger partial charge in [0.05, 0.1) is 0 Å². The van der Waals surface area contributed by atoms with Gasteiger partial charge in [-0.05, 0) is 68.1 Å². The van der Waals surface area contributed by atoms with E-state index in [2.05, 4.69) is 81.9 Å². The summed E-state index contributed by atoms with van der Waals surface area (Å²) in [5.41, 5.74) is 5.20. The molecule has 0 aromatic heterocycles. The molecule has 0 heterocycles. The molecule has 0 saturated carbocycles. The maximum Gasteiger partial charge on any atom is 0.145 e. The summed E-state index contributed by atoms with van der Waals surface area (Å²) in [4.78, 5) is 11.9. The molecule has 0 aliphatic carbocycles. The summed E-state index contributed by atoms with van der Waals surface area (Å²) in [5.74, 6) is 2.33. The van der Waals surface area contributed by atoms with Crippen molar-refractivity contribution in [2.45, 2.75) is 136 Å². The van der Waals surface area contributed by atoms with E-state index in [4.69, 9.17) is 0 Å². The van der Waals surface area contributed by atoms with Gasteiger partial charge in [0, 0.05) is 10.7 Å². The van der Waals surface area contributed by atoms with Crippen LogP contribution in [-0.4, -0.2) is 12.0 Å². The van der Waals surface area contributed by atoms with Crippen LogP contribution in [0.25, 0.3) is 0 Å². The Kier molecular flexibility index (Phi) is 32.1. The predicted octanol–water partition coefficient (Wildman–Crippen LogP) is 12.6. The van der Waals surface area contributed by atoms with Gasteiger partial charge < -0.3 is 0 Å². The minimum atomic E-state index is 0.569. The summed E-state index contributed by atoms with van der Waals surface area (Å²) in [5, 5.41) is 0. The molecule has 0 aliphatic rings. The van der Waals surface area contributed by atoms with E-state index in [1.165, 1.54) is 41.7 Å². The minimum Gasteiger partial charge on any atom is -0.298 e. The quantitative estimate of drug-likeness (QED) is 0.125. The van der Waals surface area contributed by atoms with Crippen molar-refractivity contribution in [3.05, 3.63) is 58.1 Å². The van der Waals surface area contributed by atoms with Crippen LogP contribution in [-0.2, 0) is 4.79 Å². The Hall–Kier alpha value is -1.28. The van der Waals surface area contributed by atoms with Crippen LogP contribution in [0.4, 0.5) is 0 Å². The van der Waals surface area contributed by atoms with E-state index in [0.717, 1.165) is 35.5 Å². The predicted molar refractivity (Wildman–Crippen MR) is 178 cm³/mol. The lowest BCUT2D eigenvalue weighted by molar-refractivity contribution is -0.104. The van der Waals surface area contributed by atoms with Crippen LogP contribution in [0.5, 0.6) is 0 Å². The van der Waals surface area contributed by atoms with Crippen LogP contribution >= 0.6 is 11.8 Å². The molecule has 0 aromatic rings. The Bertz CT molecular complexity index is 684. The zero-order chi connectivity index (χ0) is 30.0. The maximum atomic E-state index is 10.5. The summed E-state index contributed by atoms with van der Waals surface area (Å²) in [6.07, 6.45) is 15.3. The molecular formula is C35H66OS. The molecule has 0 N–H and O–H groups in total. The van der Waals surface area contributed by atoms with Gasteiger partial charge in [-0.25, -0.2) is 0 Å². The number of hydrogen-bond acceptors (Lipinski definition) is 2. The Morgan fingerprint density at radius 3 is 1.84 bits per heavy atom. The van der Waals surface area contributed by atoms with E-state index in [-0.39, 0.29) is 0 Å². The molecule has 0 spiro atoms. The highest BCUT2D eigenvalue weighted by atomic mass is 32.2. The van der Waals surface area contributed by atoms with Gasteiger partial charge in [0.15, 0.2) is 0 Å². The number of carbonyl (C=O) groups excluding carboxylic acids is 1. The first-order valence-electron chi connectivity index (χ1n) is 14.9. The summed E-state index contributed by atoms with van der Waals surface area (Å²) in [6.45, 7) is 36.6. The summed E-state index contributed by atoms with van der Waals surface area (Å²) in [7, 11) is 0. The Morgan fingerprint density at radius 1 is 0.946 bits per heavy atom. The first kappa shape index (κ1) is 42.8. The fourth-order valence-electron chi connectivity index (χ4n) is 2.95. The number of thioether (sulfide) groups is 1. The van der Waals surface area contributed by atoms with Crippen LogP contribution < -0.4 is 0 Å². The molecule has 2 heteroatoms. The van der Waals surface area contributed by atoms with E-state index >= 15 is 0 Å². The average Bonchev–Trinajstić information content (AvgIpc) is 2.92. The molecule has 0 radical (unpaired) electrons. The van der Waals surface area contributed by atoms with Crippen molar-refractivity contribution in [2.24, 2.45) is 17.3 Å². The smallest absolute Gasteiger partial charge is 0.145 e. The van der Waals surface area contributed by atoms with E-state index < -0.39 is 0 Å². The third-order valence-electron chi connectivity index (χ3n) is 6.76. The van der Waals surface area contributed by atoms with Crippen LogP contribution in [0.1, 0.15) is 136 Å². The molecule has 0 fully saturated rings. The lowest BCUT2D eigenvalue weighted by Crippen LogP contribution is -2.17. The second kappa shape index (κ2) is 27.7. The van der Waals surface area contributed by atoms with Gasteiger partial charge in [0.25, 0.3) is 0 Å². The van der Waals surface area contributed by atoms with Crippen LogP contribution in [0.3, 0.4) is 0 Å². The zero-order valence-electron chi connectivity index (χ0n) is 27.8. The fraction of sp³-hybridized carbons (Fsp3) is 0.686. The lowest BCUT2D eigenvalue weighted by Gasteiger charge is -2.29. The molecule has 0 saturated heterocycles. The van der Waals surface area contributed by atoms with E-state index in [9.17, 15) is 4.79 Å². The van der Waals surface area contributed by atoms with Gasteiger partial charge in [0.1, 0.15) is 6.29 Å². The fourth-order valence-corrected chi connectivity index (χ4v) is 4.05. The molecule has 37 heavy (non-hydrogen) atoms. The lowest BCUT2D eigenvalue weighted by atomic mass is 9.77. The molecule has 0 bridgehead atoms. The third kappa shape index (κ3) is 24.8. The second-order valence-electron chi connectivity index (χ2n) is 10.1. The normalized spacial score (nSPS) is 13.4. The van der Waals surface area contributed by atoms with Gasteiger partial charge in [-0.3, -0.25) is 4.79 Å². The van der Waals surface area contributed by atoms with Crippen molar-refractivity contribution >= 4 is 18.0 Å². The highest BCUT2D eigenvalue weighted by molar-refractivity contribution is 8.03. The van der Waals surface area contributed by atoms with E-state index in [1.807, 2.05) is 51.6 Å². The van der Waals surface area contributed by atoms with Crippen molar-refractivity contribution in [3.8, 4) is 0 Å². The average molecular weight is 535 g/mol. The first-order valence-corrected chi connectivity index (χ1v) is 15.9. The molecule has 0 amide bonds. The van der Waals surface area contributed by atoms with Crippen molar-refractivity contribution in [2.75, 3.05) is 5.75 Å². The number of hydrogen-bond donors (Lipinski definition) is 0. The highest BCUT2D eigenvalue weighted by Gasteiger charge is 2.21. The minimum absolute atomic E-state index is 0.569. The maximum absolute atomic E-state index is 10.5. The van der Waals surface area contributed by atoms with E-state index in [1.54, 1.807) is 13.0 Å². The molecule has 0 aromatic carbocycles. The van der Waals surface area contributed by atoms with Gasteiger partial charge in [0.2, 0.25) is 0 Å². The molecule has 218 valence electrons. The van der Waals surface area contributed by atoms with Crippen LogP contribution in [0, 0.1) is 17.3 Å². The van der Waals surface area contributed by atoms with Gasteiger partial charge in [-0.1, -0.05) is 138 Å². The molecule has 0 aliphatic heterocycles. The Balaban J connectivity index is -0.000000304. The van der Waals surface area contributed by atoms with Crippen molar-refractivity contribution in [3.63, 3.8) is 0 Å². The van der Waals surface area contributed by atoms with Crippen LogP contribution in [0.2, 0.25) is 0 Å². The highest BCUT2D eigenvalue weighted by Crippen LogP contribution is 2.33. The van der Waals surface area contributed by atoms with Crippen molar-refractivity contribution in [1.29, 1.82) is 0 Å². The number of rotatable bonds is 14. The Labute approximate surface area is 239 Å². The number of aldehydes is 1. The molecule has 1 unspecified atom stereocenters. The largest absolute Gasteiger partial charge is 0.298 e. The molecule has 0 rings (SSSR count). The standard InChI is InChI=1S/C20H30OS.C11H24.2C2H6/c1-8-18(6)20(12-19(7)15(2)3)22-14-17(5)11-9-10-16(4)13-21;1-6-10(4)9-11(5,7-2)8-3;2*1-2/h9-13,15H,5,8,14H2,1-4,6-7H3;10H,6-9H2,1-5H3;2*1-2H3/b11-9-,16-10+,19-12-,20-18+;;;. The molecule has 1 atom stereocenters. The summed E-state index contributed by atoms with van der Waals surface area (Å²) >= 11 is 1.83. The second-order valence-corrected chi connectivity index (χ2v) is 11.1. The van der Waals surface area contributed by atoms with E-state index in [0.29, 0.717) is 11.3 Å². The van der Waals surface area contributed by atoms with Gasteiger partial charge in [-0.2, -0.15) is 0 Å². The number of allylic oxidation sites excluding steroid dienone is 7. The van der Waals surface area contributed by atoms with Gasteiger partial charge >= 0.3 is 0 Å². The number of carbonyl (C=O) groups is 1.